The molecule has 0 unspecified atom stereocenters. The molecule has 0 aliphatic heterocycles. The average Bonchev–Trinajstić information content (AvgIpc) is 3.02. The third kappa shape index (κ3) is 11.8. The number of nitriles is 3. The van der Waals surface area contributed by atoms with Crippen molar-refractivity contribution in [3.05, 3.63) is 83.4 Å². The molecule has 0 saturated carbocycles. The van der Waals surface area contributed by atoms with Crippen molar-refractivity contribution in [1.82, 2.24) is 0 Å². The highest BCUT2D eigenvalue weighted by molar-refractivity contribution is 5.46. The zero-order valence-corrected chi connectivity index (χ0v) is 23.4. The fourth-order valence-corrected chi connectivity index (χ4v) is 3.57. The molecule has 0 heterocycles. The molecule has 0 N–H and O–H groups in total. The first kappa shape index (κ1) is 31.5. The van der Waals surface area contributed by atoms with Crippen LogP contribution in [-0.2, 0) is 0 Å². The van der Waals surface area contributed by atoms with Crippen molar-refractivity contribution in [3.8, 4) is 41.2 Å². The summed E-state index contributed by atoms with van der Waals surface area (Å²) in [6.07, 6.45) is 5.40. The third-order valence-corrected chi connectivity index (χ3v) is 5.67. The fourth-order valence-electron chi connectivity index (χ4n) is 3.57. The van der Waals surface area contributed by atoms with Crippen molar-refractivity contribution >= 4 is 0 Å². The normalized spacial score (nSPS) is 9.68. The zero-order chi connectivity index (χ0) is 28.8. The van der Waals surface area contributed by atoms with Crippen molar-refractivity contribution in [2.45, 2.75) is 52.4 Å². The first-order valence-corrected chi connectivity index (χ1v) is 13.8. The number of unbranched alkanes of at least 4 members (excludes halogenated alkanes) is 4. The van der Waals surface area contributed by atoms with Gasteiger partial charge in [0.15, 0.2) is 11.5 Å². The fraction of sp³-hybridized carbons (Fsp3) is 0.364. The van der Waals surface area contributed by atoms with E-state index in [0.717, 1.165) is 50.0 Å². The molecule has 0 bridgehead atoms. The second-order valence-electron chi connectivity index (χ2n) is 8.56. The molecule has 7 nitrogen and oxygen atoms in total. The maximum Gasteiger partial charge on any atom is 0.162 e. The molecule has 0 aliphatic carbocycles. The van der Waals surface area contributed by atoms with Gasteiger partial charge >= 0.3 is 0 Å². The third-order valence-electron chi connectivity index (χ3n) is 5.67. The standard InChI is InChI=1S/C31H31N3O4.C2H6/c32-22-25-7-12-28(13-8-25)35-17-3-1-5-19-37-30-16-11-27(24-34)21-31(30)38-20-6-2-4-18-36-29-14-9-26(23-33)10-15-29;1-2/h7-16,21H,1-6,17-20H2;1-2H3. The molecule has 0 aromatic heterocycles. The summed E-state index contributed by atoms with van der Waals surface area (Å²) in [5, 5.41) is 26.9. The lowest BCUT2D eigenvalue weighted by molar-refractivity contribution is 0.249. The summed E-state index contributed by atoms with van der Waals surface area (Å²) < 4.78 is 23.3. The number of hydrogen-bond donors (Lipinski definition) is 0. The molecular formula is C33H37N3O4. The highest BCUT2D eigenvalue weighted by Gasteiger charge is 2.07. The van der Waals surface area contributed by atoms with E-state index in [-0.39, 0.29) is 0 Å². The van der Waals surface area contributed by atoms with E-state index in [0.29, 0.717) is 54.6 Å². The molecule has 0 atom stereocenters. The van der Waals surface area contributed by atoms with E-state index in [4.69, 9.17) is 29.5 Å². The van der Waals surface area contributed by atoms with E-state index in [1.54, 1.807) is 66.7 Å². The zero-order valence-electron chi connectivity index (χ0n) is 23.4. The van der Waals surface area contributed by atoms with Crippen LogP contribution in [0.15, 0.2) is 66.7 Å². The van der Waals surface area contributed by atoms with Gasteiger partial charge in [-0.15, -0.1) is 0 Å². The van der Waals surface area contributed by atoms with Crippen LogP contribution in [0, 0.1) is 34.0 Å². The number of benzene rings is 3. The van der Waals surface area contributed by atoms with Crippen molar-refractivity contribution in [2.75, 3.05) is 26.4 Å². The molecule has 0 aliphatic rings. The predicted octanol–water partition coefficient (Wildman–Crippen LogP) is 7.58. The maximum absolute atomic E-state index is 9.25. The van der Waals surface area contributed by atoms with E-state index in [1.165, 1.54) is 0 Å². The Morgan fingerprint density at radius 2 is 0.825 bits per heavy atom. The van der Waals surface area contributed by atoms with Crippen molar-refractivity contribution < 1.29 is 18.9 Å². The molecule has 0 fully saturated rings. The first-order valence-electron chi connectivity index (χ1n) is 13.8. The Labute approximate surface area is 238 Å². The van der Waals surface area contributed by atoms with Crippen LogP contribution < -0.4 is 18.9 Å². The molecule has 208 valence electrons. The highest BCUT2D eigenvalue weighted by Crippen LogP contribution is 2.29. The van der Waals surface area contributed by atoms with Crippen molar-refractivity contribution in [1.29, 1.82) is 15.8 Å². The quantitative estimate of drug-likeness (QED) is 0.173. The van der Waals surface area contributed by atoms with E-state index >= 15 is 0 Å². The van der Waals surface area contributed by atoms with Gasteiger partial charge in [0.1, 0.15) is 11.5 Å². The van der Waals surface area contributed by atoms with Gasteiger partial charge in [-0.1, -0.05) is 13.8 Å². The summed E-state index contributed by atoms with van der Waals surface area (Å²) in [7, 11) is 0. The van der Waals surface area contributed by atoms with E-state index < -0.39 is 0 Å². The van der Waals surface area contributed by atoms with Crippen LogP contribution in [-0.4, -0.2) is 26.4 Å². The van der Waals surface area contributed by atoms with Gasteiger partial charge in [-0.3, -0.25) is 0 Å². The van der Waals surface area contributed by atoms with Gasteiger partial charge in [0.05, 0.1) is 61.3 Å². The first-order chi connectivity index (χ1) is 19.7. The van der Waals surface area contributed by atoms with Gasteiger partial charge in [-0.05, 0) is 99.2 Å². The summed E-state index contributed by atoms with van der Waals surface area (Å²) in [4.78, 5) is 0. The van der Waals surface area contributed by atoms with Gasteiger partial charge in [-0.25, -0.2) is 0 Å². The summed E-state index contributed by atoms with van der Waals surface area (Å²) in [5.74, 6) is 2.75. The van der Waals surface area contributed by atoms with Gasteiger partial charge < -0.3 is 18.9 Å². The number of nitrogens with zero attached hydrogens (tertiary/aromatic N) is 3. The van der Waals surface area contributed by atoms with E-state index in [2.05, 4.69) is 18.2 Å². The molecule has 7 heteroatoms. The van der Waals surface area contributed by atoms with Crippen LogP contribution in [0.5, 0.6) is 23.0 Å². The Hall–Kier alpha value is -4.67. The number of ether oxygens (including phenoxy) is 4. The lowest BCUT2D eigenvalue weighted by atomic mass is 10.2. The minimum atomic E-state index is 0.523. The molecule has 40 heavy (non-hydrogen) atoms. The maximum atomic E-state index is 9.25. The second kappa shape index (κ2) is 19.4. The van der Waals surface area contributed by atoms with Crippen molar-refractivity contribution in [2.24, 2.45) is 0 Å². The summed E-state index contributed by atoms with van der Waals surface area (Å²) in [5.41, 5.74) is 1.76. The average molecular weight is 540 g/mol. The van der Waals surface area contributed by atoms with Gasteiger partial charge in [0, 0.05) is 6.07 Å². The van der Waals surface area contributed by atoms with Crippen LogP contribution in [0.25, 0.3) is 0 Å². The number of rotatable bonds is 16. The summed E-state index contributed by atoms with van der Waals surface area (Å²) in [6, 6.07) is 25.7. The molecule has 0 saturated heterocycles. The Bertz CT molecular complexity index is 1250. The molecular weight excluding hydrogens is 502 g/mol. The van der Waals surface area contributed by atoms with Crippen LogP contribution in [0.4, 0.5) is 0 Å². The smallest absolute Gasteiger partial charge is 0.162 e. The van der Waals surface area contributed by atoms with Crippen LogP contribution in [0.3, 0.4) is 0 Å². The Kier molecular flexibility index (Phi) is 15.3. The Balaban J connectivity index is 0.00000274. The molecule has 3 aromatic rings. The summed E-state index contributed by atoms with van der Waals surface area (Å²) in [6.45, 7) is 6.28. The largest absolute Gasteiger partial charge is 0.494 e. The lowest BCUT2D eigenvalue weighted by Gasteiger charge is -2.13. The van der Waals surface area contributed by atoms with Gasteiger partial charge in [-0.2, -0.15) is 15.8 Å². The lowest BCUT2D eigenvalue weighted by Crippen LogP contribution is -2.04. The van der Waals surface area contributed by atoms with Crippen LogP contribution in [0.1, 0.15) is 69.1 Å². The van der Waals surface area contributed by atoms with E-state index in [9.17, 15) is 5.26 Å². The van der Waals surface area contributed by atoms with Gasteiger partial charge in [0.25, 0.3) is 0 Å². The van der Waals surface area contributed by atoms with Crippen LogP contribution >= 0.6 is 0 Å². The Morgan fingerprint density at radius 3 is 1.25 bits per heavy atom. The topological polar surface area (TPSA) is 108 Å². The Morgan fingerprint density at radius 1 is 0.450 bits per heavy atom. The molecule has 0 radical (unpaired) electrons. The van der Waals surface area contributed by atoms with Crippen molar-refractivity contribution in [3.63, 3.8) is 0 Å². The SMILES string of the molecule is CC.N#Cc1ccc(OCCCCCOc2ccc(C#N)cc2OCCCCCOc2ccc(C#N)cc2)cc1. The van der Waals surface area contributed by atoms with E-state index in [1.807, 2.05) is 13.8 Å². The highest BCUT2D eigenvalue weighted by atomic mass is 16.5. The molecule has 0 amide bonds. The monoisotopic (exact) mass is 539 g/mol. The minimum absolute atomic E-state index is 0.523. The molecule has 3 aromatic carbocycles. The molecule has 3 rings (SSSR count). The second-order valence-corrected chi connectivity index (χ2v) is 8.56. The molecule has 0 spiro atoms. The predicted molar refractivity (Wildman–Crippen MR) is 155 cm³/mol. The summed E-state index contributed by atoms with van der Waals surface area (Å²) >= 11 is 0. The number of hydrogen-bond acceptors (Lipinski definition) is 7. The minimum Gasteiger partial charge on any atom is -0.494 e. The van der Waals surface area contributed by atoms with Gasteiger partial charge in [0.2, 0.25) is 0 Å². The van der Waals surface area contributed by atoms with Crippen LogP contribution in [0.2, 0.25) is 0 Å².